The molecule has 0 aliphatic heterocycles. The predicted octanol–water partition coefficient (Wildman–Crippen LogP) is 4.89. The Labute approximate surface area is 187 Å². The number of Topliss-reactive ketones (excluding diaryl/α,β-unsaturated/α-hetero) is 1. The molecule has 1 aromatic heterocycles. The second-order valence-electron chi connectivity index (χ2n) is 7.34. The number of aromatic nitrogens is 2. The summed E-state index contributed by atoms with van der Waals surface area (Å²) in [6.45, 7) is 3.96. The number of carbonyl (C=O) groups is 1. The molecule has 4 aromatic rings. The van der Waals surface area contributed by atoms with Gasteiger partial charge in [-0.05, 0) is 49.2 Å². The lowest BCUT2D eigenvalue weighted by Gasteiger charge is -2.14. The number of aryl methyl sites for hydroxylation is 2. The number of benzene rings is 3. The molecule has 7 nitrogen and oxygen atoms in total. The van der Waals surface area contributed by atoms with Crippen molar-refractivity contribution < 1.29 is 9.72 Å². The SMILES string of the molecule is Cc1ccc(-n2c(SCC(=O)c3cccc([N+](=O)[O-])c3)nc3ccccc3c2=O)cc1C. The number of nitrogens with zero attached hydrogens (tertiary/aromatic N) is 3. The summed E-state index contributed by atoms with van der Waals surface area (Å²) in [5, 5.41) is 11.9. The number of fused-ring (bicyclic) bond motifs is 1. The molecule has 0 fully saturated rings. The maximum absolute atomic E-state index is 13.3. The summed E-state index contributed by atoms with van der Waals surface area (Å²) >= 11 is 1.13. The fourth-order valence-corrected chi connectivity index (χ4v) is 4.22. The van der Waals surface area contributed by atoms with Gasteiger partial charge >= 0.3 is 0 Å². The summed E-state index contributed by atoms with van der Waals surface area (Å²) < 4.78 is 1.51. The van der Waals surface area contributed by atoms with E-state index in [-0.39, 0.29) is 28.3 Å². The zero-order valence-electron chi connectivity index (χ0n) is 17.4. The highest BCUT2D eigenvalue weighted by Crippen LogP contribution is 2.24. The fourth-order valence-electron chi connectivity index (χ4n) is 3.31. The molecule has 0 bridgehead atoms. The maximum atomic E-state index is 13.3. The van der Waals surface area contributed by atoms with Gasteiger partial charge in [0.2, 0.25) is 0 Å². The van der Waals surface area contributed by atoms with Crippen LogP contribution in [0.3, 0.4) is 0 Å². The normalized spacial score (nSPS) is 10.9. The van der Waals surface area contributed by atoms with Gasteiger partial charge in [0.25, 0.3) is 11.2 Å². The Morgan fingerprint density at radius 3 is 2.56 bits per heavy atom. The Kier molecular flexibility index (Phi) is 5.87. The van der Waals surface area contributed by atoms with Crippen molar-refractivity contribution in [1.29, 1.82) is 0 Å². The molecule has 32 heavy (non-hydrogen) atoms. The average Bonchev–Trinajstić information content (AvgIpc) is 2.79. The third-order valence-corrected chi connectivity index (χ3v) is 6.14. The van der Waals surface area contributed by atoms with E-state index in [1.807, 2.05) is 32.0 Å². The lowest BCUT2D eigenvalue weighted by atomic mass is 10.1. The van der Waals surface area contributed by atoms with Crippen LogP contribution in [0.2, 0.25) is 0 Å². The first kappa shape index (κ1) is 21.5. The third kappa shape index (κ3) is 4.17. The molecule has 0 aliphatic carbocycles. The molecule has 0 unspecified atom stereocenters. The molecule has 3 aromatic carbocycles. The molecule has 1 heterocycles. The first-order valence-corrected chi connectivity index (χ1v) is 10.8. The smallest absolute Gasteiger partial charge is 0.270 e. The molecule has 0 saturated carbocycles. The Hall–Kier alpha value is -3.78. The van der Waals surface area contributed by atoms with Gasteiger partial charge in [0, 0.05) is 17.7 Å². The number of non-ortho nitro benzene ring substituents is 1. The number of nitro groups is 1. The van der Waals surface area contributed by atoms with Crippen molar-refractivity contribution in [3.8, 4) is 5.69 Å². The number of carbonyl (C=O) groups excluding carboxylic acids is 1. The van der Waals surface area contributed by atoms with Gasteiger partial charge < -0.3 is 0 Å². The van der Waals surface area contributed by atoms with Crippen molar-refractivity contribution >= 4 is 34.1 Å². The third-order valence-electron chi connectivity index (χ3n) is 5.20. The first-order valence-electron chi connectivity index (χ1n) is 9.85. The first-order chi connectivity index (χ1) is 15.3. The van der Waals surface area contributed by atoms with Crippen molar-refractivity contribution in [3.63, 3.8) is 0 Å². The van der Waals surface area contributed by atoms with E-state index in [1.54, 1.807) is 30.3 Å². The van der Waals surface area contributed by atoms with Gasteiger partial charge in [-0.25, -0.2) is 4.98 Å². The second-order valence-corrected chi connectivity index (χ2v) is 8.28. The molecule has 0 saturated heterocycles. The molecule has 160 valence electrons. The lowest BCUT2D eigenvalue weighted by Crippen LogP contribution is -2.22. The van der Waals surface area contributed by atoms with Crippen LogP contribution in [0.5, 0.6) is 0 Å². The Bertz CT molecular complexity index is 1430. The van der Waals surface area contributed by atoms with E-state index in [4.69, 9.17) is 0 Å². The minimum Gasteiger partial charge on any atom is -0.293 e. The van der Waals surface area contributed by atoms with Gasteiger partial charge in [0.15, 0.2) is 10.9 Å². The summed E-state index contributed by atoms with van der Waals surface area (Å²) in [6, 6.07) is 18.4. The number of rotatable bonds is 6. The number of hydrogen-bond donors (Lipinski definition) is 0. The maximum Gasteiger partial charge on any atom is 0.270 e. The van der Waals surface area contributed by atoms with Crippen LogP contribution in [0.4, 0.5) is 5.69 Å². The van der Waals surface area contributed by atoms with Crippen molar-refractivity contribution in [2.24, 2.45) is 0 Å². The number of thioether (sulfide) groups is 1. The summed E-state index contributed by atoms with van der Waals surface area (Å²) in [7, 11) is 0. The highest BCUT2D eigenvalue weighted by molar-refractivity contribution is 7.99. The standard InChI is InChI=1S/C24H19N3O4S/c1-15-10-11-18(12-16(15)2)26-23(29)20-8-3-4-9-21(20)25-24(26)32-14-22(28)17-6-5-7-19(13-17)27(30)31/h3-13H,14H2,1-2H3. The average molecular weight is 446 g/mol. The van der Waals surface area contributed by atoms with E-state index in [0.29, 0.717) is 21.7 Å². The molecular weight excluding hydrogens is 426 g/mol. The van der Waals surface area contributed by atoms with E-state index in [0.717, 1.165) is 22.9 Å². The van der Waals surface area contributed by atoms with Gasteiger partial charge in [0.05, 0.1) is 27.3 Å². The van der Waals surface area contributed by atoms with Gasteiger partial charge in [-0.3, -0.25) is 24.3 Å². The number of nitro benzene ring substituents is 1. The fraction of sp³-hybridized carbons (Fsp3) is 0.125. The summed E-state index contributed by atoms with van der Waals surface area (Å²) in [5.74, 6) is -0.302. The Morgan fingerprint density at radius 1 is 1.03 bits per heavy atom. The quantitative estimate of drug-likeness (QED) is 0.138. The molecule has 8 heteroatoms. The van der Waals surface area contributed by atoms with Gasteiger partial charge in [-0.1, -0.05) is 42.1 Å². The molecule has 0 amide bonds. The van der Waals surface area contributed by atoms with E-state index >= 15 is 0 Å². The molecule has 0 aliphatic rings. The van der Waals surface area contributed by atoms with Crippen LogP contribution >= 0.6 is 11.8 Å². The lowest BCUT2D eigenvalue weighted by molar-refractivity contribution is -0.384. The molecule has 0 atom stereocenters. The number of hydrogen-bond acceptors (Lipinski definition) is 6. The zero-order chi connectivity index (χ0) is 22.8. The Balaban J connectivity index is 1.75. The Morgan fingerprint density at radius 2 is 1.81 bits per heavy atom. The van der Waals surface area contributed by atoms with Crippen LogP contribution in [-0.4, -0.2) is 26.0 Å². The van der Waals surface area contributed by atoms with Crippen molar-refractivity contribution in [3.05, 3.63) is 104 Å². The zero-order valence-corrected chi connectivity index (χ0v) is 18.3. The van der Waals surface area contributed by atoms with Crippen molar-refractivity contribution in [2.75, 3.05) is 5.75 Å². The summed E-state index contributed by atoms with van der Waals surface area (Å²) in [6.07, 6.45) is 0. The minimum absolute atomic E-state index is 0.0171. The summed E-state index contributed by atoms with van der Waals surface area (Å²) in [5.41, 5.74) is 3.23. The molecule has 0 N–H and O–H groups in total. The monoisotopic (exact) mass is 445 g/mol. The van der Waals surface area contributed by atoms with Crippen LogP contribution in [0, 0.1) is 24.0 Å². The van der Waals surface area contributed by atoms with E-state index in [9.17, 15) is 19.7 Å². The van der Waals surface area contributed by atoms with Crippen LogP contribution in [0.1, 0.15) is 21.5 Å². The number of ketones is 1. The molecule has 0 radical (unpaired) electrons. The van der Waals surface area contributed by atoms with Crippen LogP contribution < -0.4 is 5.56 Å². The van der Waals surface area contributed by atoms with Crippen molar-refractivity contribution in [1.82, 2.24) is 9.55 Å². The van der Waals surface area contributed by atoms with Crippen LogP contribution in [-0.2, 0) is 0 Å². The molecule has 4 rings (SSSR count). The highest BCUT2D eigenvalue weighted by Gasteiger charge is 2.17. The van der Waals surface area contributed by atoms with Crippen LogP contribution in [0.15, 0.2) is 76.7 Å². The topological polar surface area (TPSA) is 95.1 Å². The van der Waals surface area contributed by atoms with E-state index < -0.39 is 4.92 Å². The molecular formula is C24H19N3O4S. The highest BCUT2D eigenvalue weighted by atomic mass is 32.2. The van der Waals surface area contributed by atoms with Crippen LogP contribution in [0.25, 0.3) is 16.6 Å². The summed E-state index contributed by atoms with van der Waals surface area (Å²) in [4.78, 5) is 41.2. The van der Waals surface area contributed by atoms with Crippen molar-refractivity contribution in [2.45, 2.75) is 19.0 Å². The van der Waals surface area contributed by atoms with Gasteiger partial charge in [-0.2, -0.15) is 0 Å². The molecule has 0 spiro atoms. The second kappa shape index (κ2) is 8.76. The van der Waals surface area contributed by atoms with E-state index in [2.05, 4.69) is 4.98 Å². The minimum atomic E-state index is -0.536. The largest absolute Gasteiger partial charge is 0.293 e. The van der Waals surface area contributed by atoms with Gasteiger partial charge in [0.1, 0.15) is 0 Å². The van der Waals surface area contributed by atoms with Gasteiger partial charge in [-0.15, -0.1) is 0 Å². The van der Waals surface area contributed by atoms with E-state index in [1.165, 1.54) is 22.8 Å². The number of para-hydroxylation sites is 1. The predicted molar refractivity (Wildman–Crippen MR) is 125 cm³/mol.